The van der Waals surface area contributed by atoms with E-state index < -0.39 is 35.0 Å². The molecule has 4 aliphatic rings. The molecule has 0 radical (unpaired) electrons. The van der Waals surface area contributed by atoms with Gasteiger partial charge in [-0.25, -0.2) is 13.2 Å². The second kappa shape index (κ2) is 15.2. The summed E-state index contributed by atoms with van der Waals surface area (Å²) in [6.45, 7) is 4.78. The zero-order valence-corrected chi connectivity index (χ0v) is 29.0. The van der Waals surface area contributed by atoms with Crippen LogP contribution in [0.1, 0.15) is 74.5 Å². The fourth-order valence-corrected chi connectivity index (χ4v) is 8.56. The Bertz CT molecular complexity index is 1580. The topological polar surface area (TPSA) is 73.0 Å². The van der Waals surface area contributed by atoms with Crippen LogP contribution in [0.4, 0.5) is 13.2 Å². The van der Waals surface area contributed by atoms with E-state index in [9.17, 15) is 27.6 Å². The minimum absolute atomic E-state index is 0.125. The van der Waals surface area contributed by atoms with Crippen molar-refractivity contribution in [3.05, 3.63) is 107 Å². The Hall–Kier alpha value is -4.18. The number of carbonyl (C=O) groups is 3. The molecule has 7 nitrogen and oxygen atoms in total. The van der Waals surface area contributed by atoms with Crippen molar-refractivity contribution in [2.24, 2.45) is 11.8 Å². The van der Waals surface area contributed by atoms with Crippen molar-refractivity contribution in [3.8, 4) is 0 Å². The van der Waals surface area contributed by atoms with Gasteiger partial charge >= 0.3 is 0 Å². The highest BCUT2D eigenvalue weighted by atomic mass is 19.1. The predicted molar refractivity (Wildman–Crippen MR) is 188 cm³/mol. The molecule has 0 bridgehead atoms. The summed E-state index contributed by atoms with van der Waals surface area (Å²) in [5.74, 6) is -0.718. The third-order valence-electron chi connectivity index (χ3n) is 11.6. The molecule has 1 saturated carbocycles. The number of hydrogen-bond acceptors (Lipinski definition) is 4. The van der Waals surface area contributed by atoms with Crippen molar-refractivity contribution < 1.29 is 27.6 Å². The van der Waals surface area contributed by atoms with E-state index in [2.05, 4.69) is 10.2 Å². The van der Waals surface area contributed by atoms with Gasteiger partial charge in [-0.1, -0.05) is 36.4 Å². The van der Waals surface area contributed by atoms with Crippen molar-refractivity contribution in [2.45, 2.75) is 75.3 Å². The molecule has 3 aromatic rings. The van der Waals surface area contributed by atoms with Crippen molar-refractivity contribution in [3.63, 3.8) is 0 Å². The number of benzene rings is 3. The lowest BCUT2D eigenvalue weighted by atomic mass is 9.67. The van der Waals surface area contributed by atoms with Gasteiger partial charge in [-0.15, -0.1) is 0 Å². The smallest absolute Gasteiger partial charge is 0.246 e. The number of nitrogens with one attached hydrogen (secondary N) is 1. The summed E-state index contributed by atoms with van der Waals surface area (Å²) < 4.78 is 42.7. The van der Waals surface area contributed by atoms with Crippen LogP contribution >= 0.6 is 0 Å². The molecule has 10 heteroatoms. The maximum atomic E-state index is 14.5. The molecule has 270 valence electrons. The molecule has 4 fully saturated rings. The van der Waals surface area contributed by atoms with Crippen LogP contribution in [0.5, 0.6) is 0 Å². The molecule has 0 aromatic heterocycles. The maximum absolute atomic E-state index is 14.5. The highest BCUT2D eigenvalue weighted by Gasteiger charge is 2.45. The van der Waals surface area contributed by atoms with Crippen LogP contribution in [-0.2, 0) is 19.8 Å². The van der Waals surface area contributed by atoms with Crippen LogP contribution in [0.2, 0.25) is 0 Å². The third kappa shape index (κ3) is 7.71. The first-order chi connectivity index (χ1) is 24.7. The van der Waals surface area contributed by atoms with Gasteiger partial charge in [0.15, 0.2) is 0 Å². The van der Waals surface area contributed by atoms with Gasteiger partial charge in [0.25, 0.3) is 0 Å². The van der Waals surface area contributed by atoms with E-state index in [4.69, 9.17) is 0 Å². The van der Waals surface area contributed by atoms with Gasteiger partial charge in [-0.2, -0.15) is 0 Å². The van der Waals surface area contributed by atoms with Crippen molar-refractivity contribution in [1.29, 1.82) is 0 Å². The van der Waals surface area contributed by atoms with Crippen LogP contribution in [0.25, 0.3) is 0 Å². The Morgan fingerprint density at radius 3 is 1.61 bits per heavy atom. The number of rotatable bonds is 11. The zero-order valence-electron chi connectivity index (χ0n) is 29.0. The van der Waals surface area contributed by atoms with Crippen molar-refractivity contribution in [1.82, 2.24) is 20.0 Å². The number of amides is 3. The Kier molecular flexibility index (Phi) is 10.5. The average Bonchev–Trinajstić information content (AvgIpc) is 3.58. The lowest BCUT2D eigenvalue weighted by Crippen LogP contribution is -2.54. The molecule has 3 heterocycles. The molecular formula is C41H47F3N4O3. The quantitative estimate of drug-likeness (QED) is 0.248. The van der Waals surface area contributed by atoms with Crippen LogP contribution in [0, 0.1) is 29.3 Å². The minimum atomic E-state index is -1.24. The van der Waals surface area contributed by atoms with E-state index in [0.717, 1.165) is 31.8 Å². The monoisotopic (exact) mass is 700 g/mol. The fourth-order valence-electron chi connectivity index (χ4n) is 8.56. The van der Waals surface area contributed by atoms with Crippen LogP contribution in [-0.4, -0.2) is 83.8 Å². The van der Waals surface area contributed by atoms with Gasteiger partial charge in [0, 0.05) is 32.6 Å². The van der Waals surface area contributed by atoms with Crippen LogP contribution in [0.15, 0.2) is 72.8 Å². The van der Waals surface area contributed by atoms with E-state index in [-0.39, 0.29) is 24.1 Å². The number of hydrogen-bond donors (Lipinski definition) is 1. The summed E-state index contributed by atoms with van der Waals surface area (Å²) in [5.41, 5.74) is 0.471. The summed E-state index contributed by atoms with van der Waals surface area (Å²) >= 11 is 0. The first-order valence-electron chi connectivity index (χ1n) is 18.6. The molecule has 1 aliphatic carbocycles. The summed E-state index contributed by atoms with van der Waals surface area (Å²) in [6.07, 6.45) is 7.07. The van der Waals surface area contributed by atoms with Gasteiger partial charge in [0.05, 0.1) is 5.41 Å². The van der Waals surface area contributed by atoms with Crippen molar-refractivity contribution in [2.75, 3.05) is 39.3 Å². The Labute approximate surface area is 298 Å². The molecule has 0 unspecified atom stereocenters. The molecule has 3 aromatic carbocycles. The Morgan fingerprint density at radius 1 is 0.608 bits per heavy atom. The molecule has 51 heavy (non-hydrogen) atoms. The van der Waals surface area contributed by atoms with Gasteiger partial charge in [-0.05, 0) is 129 Å². The Balaban J connectivity index is 1.08. The molecule has 3 saturated heterocycles. The van der Waals surface area contributed by atoms with Crippen LogP contribution < -0.4 is 5.32 Å². The SMILES string of the molecule is O=C(NCC1CCN(CC2CC2)CC1)[C@H]1CCCN1C(=O)[C@@H]1CCCN1C(=O)CC(c1ccc(F)cc1)(c1ccc(F)cc1)c1ccc(F)cc1. The average molecular weight is 701 g/mol. The molecule has 2 atom stereocenters. The second-order valence-electron chi connectivity index (χ2n) is 15.0. The van der Waals surface area contributed by atoms with Gasteiger partial charge in [-0.3, -0.25) is 14.4 Å². The highest BCUT2D eigenvalue weighted by Crippen LogP contribution is 2.44. The molecule has 3 aliphatic heterocycles. The second-order valence-corrected chi connectivity index (χ2v) is 15.0. The van der Waals surface area contributed by atoms with E-state index >= 15 is 0 Å². The summed E-state index contributed by atoms with van der Waals surface area (Å²) in [4.78, 5) is 48.1. The summed E-state index contributed by atoms with van der Waals surface area (Å²) in [6, 6.07) is 16.1. The minimum Gasteiger partial charge on any atom is -0.354 e. The molecule has 3 amide bonds. The molecular weight excluding hydrogens is 653 g/mol. The Morgan fingerprint density at radius 2 is 1.10 bits per heavy atom. The lowest BCUT2D eigenvalue weighted by Gasteiger charge is -2.38. The first kappa shape index (κ1) is 35.2. The van der Waals surface area contributed by atoms with E-state index in [0.29, 0.717) is 67.9 Å². The molecule has 0 spiro atoms. The molecule has 7 rings (SSSR count). The molecule has 1 N–H and O–H groups in total. The fraction of sp³-hybridized carbons (Fsp3) is 0.488. The lowest BCUT2D eigenvalue weighted by molar-refractivity contribution is -0.146. The number of piperidine rings is 1. The van der Waals surface area contributed by atoms with Crippen molar-refractivity contribution >= 4 is 17.7 Å². The number of halogens is 3. The van der Waals surface area contributed by atoms with E-state index in [1.807, 2.05) is 0 Å². The number of nitrogens with zero attached hydrogens (tertiary/aromatic N) is 3. The van der Waals surface area contributed by atoms with Gasteiger partial charge in [0.2, 0.25) is 17.7 Å². The zero-order chi connectivity index (χ0) is 35.5. The predicted octanol–water partition coefficient (Wildman–Crippen LogP) is 6.05. The van der Waals surface area contributed by atoms with Gasteiger partial charge < -0.3 is 20.0 Å². The van der Waals surface area contributed by atoms with Crippen LogP contribution in [0.3, 0.4) is 0 Å². The van der Waals surface area contributed by atoms with E-state index in [1.54, 1.807) is 46.2 Å². The first-order valence-corrected chi connectivity index (χ1v) is 18.6. The highest BCUT2D eigenvalue weighted by molar-refractivity contribution is 5.93. The largest absolute Gasteiger partial charge is 0.354 e. The number of likely N-dealkylation sites (tertiary alicyclic amines) is 3. The third-order valence-corrected chi connectivity index (χ3v) is 11.6. The normalized spacial score (nSPS) is 21.6. The maximum Gasteiger partial charge on any atom is 0.246 e. The number of carbonyl (C=O) groups excluding carboxylic acids is 3. The summed E-state index contributed by atoms with van der Waals surface area (Å²) in [7, 11) is 0. The standard InChI is InChI=1S/C41H47F3N4O3/c42-33-13-7-30(8-14-33)41(31-9-15-34(43)16-10-31,32-11-17-35(44)18-12-32)25-38(49)47-21-2-4-37(47)40(51)48-22-1-3-36(48)39(50)45-26-28-19-23-46(24-20-28)27-29-5-6-29/h7-18,28-29,36-37H,1-6,19-27H2,(H,45,50)/t36-,37+/m1/s1. The summed E-state index contributed by atoms with van der Waals surface area (Å²) in [5, 5.41) is 3.16. The van der Waals surface area contributed by atoms with E-state index in [1.165, 1.54) is 55.8 Å². The van der Waals surface area contributed by atoms with Gasteiger partial charge in [0.1, 0.15) is 29.5 Å².